The van der Waals surface area contributed by atoms with Crippen LogP contribution < -0.4 is 5.73 Å². The van der Waals surface area contributed by atoms with Crippen LogP contribution in [0.4, 0.5) is 5.82 Å². The first kappa shape index (κ1) is 14.2. The third-order valence-corrected chi connectivity index (χ3v) is 3.53. The predicted octanol–water partition coefficient (Wildman–Crippen LogP) is 3.33. The highest BCUT2D eigenvalue weighted by molar-refractivity contribution is 5.76. The summed E-state index contributed by atoms with van der Waals surface area (Å²) in [5.74, 6) is 4.30. The van der Waals surface area contributed by atoms with Crippen molar-refractivity contribution in [3.63, 3.8) is 0 Å². The molecule has 0 unspecified atom stereocenters. The highest BCUT2D eigenvalue weighted by Gasteiger charge is 2.17. The van der Waals surface area contributed by atoms with Crippen molar-refractivity contribution in [2.75, 3.05) is 5.73 Å². The summed E-state index contributed by atoms with van der Waals surface area (Å²) in [5.41, 5.74) is 10.6. The van der Waals surface area contributed by atoms with Crippen LogP contribution in [0.1, 0.15) is 30.3 Å². The number of aromatic nitrogens is 2. The van der Waals surface area contributed by atoms with Crippen LogP contribution in [0.2, 0.25) is 0 Å². The first-order valence-corrected chi connectivity index (χ1v) is 6.95. The molecule has 3 heteroatoms. The molecule has 1 aromatic carbocycles. The molecule has 0 fully saturated rings. The number of anilines is 1. The molecule has 20 heavy (non-hydrogen) atoms. The molecule has 0 spiro atoms. The zero-order chi connectivity index (χ0) is 14.7. The molecule has 0 saturated heterocycles. The minimum absolute atomic E-state index is 0.471. The maximum Gasteiger partial charge on any atom is 0.132 e. The summed E-state index contributed by atoms with van der Waals surface area (Å²) in [7, 11) is 0. The Hall–Kier alpha value is -2.21. The molecular weight excluding hydrogens is 246 g/mol. The van der Waals surface area contributed by atoms with Crippen LogP contribution >= 0.6 is 0 Å². The van der Waals surface area contributed by atoms with Gasteiger partial charge in [-0.05, 0) is 31.4 Å². The average Bonchev–Trinajstić information content (AvgIpc) is 2.69. The SMILES string of the molecule is C#CCn1c(CCC)nc(-c2c(C)cccc2C)c1N. The summed E-state index contributed by atoms with van der Waals surface area (Å²) < 4.78 is 1.95. The van der Waals surface area contributed by atoms with Crippen LogP contribution in [-0.2, 0) is 13.0 Å². The van der Waals surface area contributed by atoms with E-state index in [1.54, 1.807) is 0 Å². The van der Waals surface area contributed by atoms with Crippen molar-refractivity contribution in [2.24, 2.45) is 0 Å². The molecule has 0 amide bonds. The molecule has 0 aliphatic heterocycles. The summed E-state index contributed by atoms with van der Waals surface area (Å²) >= 11 is 0. The second-order valence-corrected chi connectivity index (χ2v) is 5.07. The van der Waals surface area contributed by atoms with Crippen molar-refractivity contribution < 1.29 is 0 Å². The maximum absolute atomic E-state index is 6.30. The van der Waals surface area contributed by atoms with E-state index in [1.165, 1.54) is 11.1 Å². The predicted molar refractivity (Wildman–Crippen MR) is 84.4 cm³/mol. The molecule has 3 nitrogen and oxygen atoms in total. The number of rotatable bonds is 4. The highest BCUT2D eigenvalue weighted by atomic mass is 15.1. The summed E-state index contributed by atoms with van der Waals surface area (Å²) in [6.07, 6.45) is 7.35. The fourth-order valence-electron chi connectivity index (χ4n) is 2.57. The molecule has 0 aliphatic carbocycles. The monoisotopic (exact) mass is 267 g/mol. The highest BCUT2D eigenvalue weighted by Crippen LogP contribution is 2.32. The Balaban J connectivity index is 2.64. The topological polar surface area (TPSA) is 43.8 Å². The van der Waals surface area contributed by atoms with Gasteiger partial charge >= 0.3 is 0 Å². The van der Waals surface area contributed by atoms with E-state index >= 15 is 0 Å². The van der Waals surface area contributed by atoms with Crippen molar-refractivity contribution in [1.82, 2.24) is 9.55 Å². The van der Waals surface area contributed by atoms with Crippen LogP contribution in [0.5, 0.6) is 0 Å². The minimum Gasteiger partial charge on any atom is -0.383 e. The molecule has 104 valence electrons. The third kappa shape index (κ3) is 2.42. The van der Waals surface area contributed by atoms with E-state index in [9.17, 15) is 0 Å². The second kappa shape index (κ2) is 5.83. The third-order valence-electron chi connectivity index (χ3n) is 3.53. The first-order chi connectivity index (χ1) is 9.60. The van der Waals surface area contributed by atoms with Gasteiger partial charge in [0, 0.05) is 12.0 Å². The van der Waals surface area contributed by atoms with Gasteiger partial charge in [-0.3, -0.25) is 0 Å². The van der Waals surface area contributed by atoms with Gasteiger partial charge in [0.1, 0.15) is 17.3 Å². The van der Waals surface area contributed by atoms with Crippen molar-refractivity contribution in [1.29, 1.82) is 0 Å². The molecule has 0 saturated carbocycles. The van der Waals surface area contributed by atoms with Crippen LogP contribution in [0.3, 0.4) is 0 Å². The fourth-order valence-corrected chi connectivity index (χ4v) is 2.57. The Morgan fingerprint density at radius 3 is 2.50 bits per heavy atom. The number of benzene rings is 1. The molecule has 2 N–H and O–H groups in total. The standard InChI is InChI=1S/C17H21N3/c1-5-8-14-19-16(17(18)20(14)11-6-2)15-12(3)9-7-10-13(15)4/h2,7,9-10H,5,8,11,18H2,1,3-4H3. The lowest BCUT2D eigenvalue weighted by atomic mass is 10.0. The molecule has 2 rings (SSSR count). The van der Waals surface area contributed by atoms with Crippen molar-refractivity contribution in [2.45, 2.75) is 40.2 Å². The van der Waals surface area contributed by atoms with Gasteiger partial charge in [-0.1, -0.05) is 31.0 Å². The van der Waals surface area contributed by atoms with E-state index < -0.39 is 0 Å². The van der Waals surface area contributed by atoms with Gasteiger partial charge in [-0.2, -0.15) is 0 Å². The lowest BCUT2D eigenvalue weighted by Gasteiger charge is -2.08. The van der Waals surface area contributed by atoms with E-state index in [2.05, 4.69) is 44.9 Å². The van der Waals surface area contributed by atoms with Crippen LogP contribution in [0.25, 0.3) is 11.3 Å². The van der Waals surface area contributed by atoms with E-state index in [-0.39, 0.29) is 0 Å². The van der Waals surface area contributed by atoms with Gasteiger partial charge in [-0.15, -0.1) is 6.42 Å². The Morgan fingerprint density at radius 1 is 1.30 bits per heavy atom. The number of hydrogen-bond acceptors (Lipinski definition) is 2. The molecule has 0 bridgehead atoms. The summed E-state index contributed by atoms with van der Waals surface area (Å²) in [6.45, 7) is 6.77. The normalized spacial score (nSPS) is 10.5. The van der Waals surface area contributed by atoms with E-state index in [4.69, 9.17) is 17.1 Å². The number of nitrogens with zero attached hydrogens (tertiary/aromatic N) is 2. The van der Waals surface area contributed by atoms with E-state index in [0.717, 1.165) is 29.9 Å². The molecular formula is C17H21N3. The summed E-state index contributed by atoms with van der Waals surface area (Å²) in [5, 5.41) is 0. The smallest absolute Gasteiger partial charge is 0.132 e. The van der Waals surface area contributed by atoms with Gasteiger partial charge < -0.3 is 10.3 Å². The van der Waals surface area contributed by atoms with Crippen molar-refractivity contribution in [3.05, 3.63) is 35.2 Å². The zero-order valence-corrected chi connectivity index (χ0v) is 12.4. The Bertz CT molecular complexity index is 639. The lowest BCUT2D eigenvalue weighted by molar-refractivity contribution is 0.733. The van der Waals surface area contributed by atoms with Crippen LogP contribution in [0, 0.1) is 26.2 Å². The number of aryl methyl sites for hydroxylation is 3. The van der Waals surface area contributed by atoms with Gasteiger partial charge in [0.05, 0.1) is 6.54 Å². The number of hydrogen-bond donors (Lipinski definition) is 1. The molecule has 1 aromatic heterocycles. The quantitative estimate of drug-likeness (QED) is 0.863. The van der Waals surface area contributed by atoms with Gasteiger partial charge in [-0.25, -0.2) is 4.98 Å². The minimum atomic E-state index is 0.471. The molecule has 0 aliphatic rings. The number of nitrogens with two attached hydrogens (primary N) is 1. The number of imidazole rings is 1. The Kier molecular flexibility index (Phi) is 4.14. The van der Waals surface area contributed by atoms with Crippen molar-refractivity contribution in [3.8, 4) is 23.6 Å². The van der Waals surface area contributed by atoms with Crippen LogP contribution in [-0.4, -0.2) is 9.55 Å². The molecule has 0 radical (unpaired) electrons. The second-order valence-electron chi connectivity index (χ2n) is 5.07. The Morgan fingerprint density at radius 2 is 1.95 bits per heavy atom. The number of terminal acetylenes is 1. The molecule has 2 aromatic rings. The Labute approximate surface area is 120 Å². The number of nitrogen functional groups attached to an aromatic ring is 1. The fraction of sp³-hybridized carbons (Fsp3) is 0.353. The molecule has 1 heterocycles. The lowest BCUT2D eigenvalue weighted by Crippen LogP contribution is -2.06. The zero-order valence-electron chi connectivity index (χ0n) is 12.4. The maximum atomic E-state index is 6.30. The molecule has 0 atom stereocenters. The van der Waals surface area contributed by atoms with Crippen LogP contribution in [0.15, 0.2) is 18.2 Å². The summed E-state index contributed by atoms with van der Waals surface area (Å²) in [4.78, 5) is 4.75. The summed E-state index contributed by atoms with van der Waals surface area (Å²) in [6, 6.07) is 6.22. The average molecular weight is 267 g/mol. The van der Waals surface area contributed by atoms with Gasteiger partial charge in [0.25, 0.3) is 0 Å². The van der Waals surface area contributed by atoms with Gasteiger partial charge in [0.15, 0.2) is 0 Å². The van der Waals surface area contributed by atoms with Crippen molar-refractivity contribution >= 4 is 5.82 Å². The largest absolute Gasteiger partial charge is 0.383 e. The van der Waals surface area contributed by atoms with E-state index in [0.29, 0.717) is 12.4 Å². The first-order valence-electron chi connectivity index (χ1n) is 6.95. The van der Waals surface area contributed by atoms with E-state index in [1.807, 2.05) is 4.57 Å². The van der Waals surface area contributed by atoms with Gasteiger partial charge in [0.2, 0.25) is 0 Å².